The van der Waals surface area contributed by atoms with Crippen LogP contribution in [0.1, 0.15) is 13.8 Å². The van der Waals surface area contributed by atoms with Crippen molar-refractivity contribution in [2.45, 2.75) is 20.0 Å². The molecule has 1 aliphatic heterocycles. The molecule has 0 atom stereocenters. The van der Waals surface area contributed by atoms with Crippen molar-refractivity contribution in [3.8, 4) is 17.2 Å². The van der Waals surface area contributed by atoms with Gasteiger partial charge < -0.3 is 18.9 Å². The van der Waals surface area contributed by atoms with E-state index in [2.05, 4.69) is 4.90 Å². The molecule has 0 saturated carbocycles. The van der Waals surface area contributed by atoms with Crippen LogP contribution in [-0.4, -0.2) is 57.6 Å². The summed E-state index contributed by atoms with van der Waals surface area (Å²) in [5, 5.41) is 0. The molecule has 1 aromatic rings. The summed E-state index contributed by atoms with van der Waals surface area (Å²) in [7, 11) is 1.64. The van der Waals surface area contributed by atoms with Crippen LogP contribution in [0.5, 0.6) is 17.2 Å². The lowest BCUT2D eigenvalue weighted by Gasteiger charge is -2.26. The van der Waals surface area contributed by atoms with Gasteiger partial charge in [0.1, 0.15) is 23.9 Å². The summed E-state index contributed by atoms with van der Waals surface area (Å²) < 4.78 is 22.2. The van der Waals surface area contributed by atoms with Gasteiger partial charge in [-0.1, -0.05) is 0 Å². The van der Waals surface area contributed by atoms with E-state index in [4.69, 9.17) is 18.9 Å². The van der Waals surface area contributed by atoms with Gasteiger partial charge in [0.25, 0.3) is 0 Å². The van der Waals surface area contributed by atoms with Crippen molar-refractivity contribution in [2.24, 2.45) is 0 Å². The zero-order chi connectivity index (χ0) is 15.1. The van der Waals surface area contributed by atoms with Crippen LogP contribution in [0.3, 0.4) is 0 Å². The molecular formula is C16H25NO4. The summed E-state index contributed by atoms with van der Waals surface area (Å²) in [6.07, 6.45) is 0.123. The summed E-state index contributed by atoms with van der Waals surface area (Å²) >= 11 is 0. The van der Waals surface area contributed by atoms with E-state index < -0.39 is 0 Å². The second kappa shape index (κ2) is 8.10. The molecule has 0 unspecified atom stereocenters. The number of ether oxygens (including phenoxy) is 4. The number of methoxy groups -OCH3 is 1. The van der Waals surface area contributed by atoms with Gasteiger partial charge in [-0.15, -0.1) is 0 Å². The number of hydrogen-bond donors (Lipinski definition) is 0. The van der Waals surface area contributed by atoms with Crippen molar-refractivity contribution < 1.29 is 18.9 Å². The van der Waals surface area contributed by atoms with E-state index in [1.807, 2.05) is 32.0 Å². The molecule has 1 saturated heterocycles. The molecule has 1 aromatic carbocycles. The maximum Gasteiger partial charge on any atom is 0.127 e. The van der Waals surface area contributed by atoms with Gasteiger partial charge >= 0.3 is 0 Å². The molecule has 1 aliphatic rings. The van der Waals surface area contributed by atoms with Gasteiger partial charge in [0.15, 0.2) is 0 Å². The third kappa shape index (κ3) is 5.44. The number of benzene rings is 1. The average molecular weight is 295 g/mol. The van der Waals surface area contributed by atoms with Crippen LogP contribution in [0.2, 0.25) is 0 Å². The SMILES string of the molecule is COc1cc(OCCN2CCOCC2)cc(OC(C)C)c1. The summed E-state index contributed by atoms with van der Waals surface area (Å²) in [6.45, 7) is 9.12. The molecule has 0 spiro atoms. The normalized spacial score (nSPS) is 16.0. The smallest absolute Gasteiger partial charge is 0.127 e. The topological polar surface area (TPSA) is 40.2 Å². The zero-order valence-corrected chi connectivity index (χ0v) is 13.1. The van der Waals surface area contributed by atoms with Crippen LogP contribution in [0.25, 0.3) is 0 Å². The van der Waals surface area contributed by atoms with Gasteiger partial charge in [-0.2, -0.15) is 0 Å². The van der Waals surface area contributed by atoms with Crippen LogP contribution in [0, 0.1) is 0 Å². The molecule has 2 rings (SSSR count). The van der Waals surface area contributed by atoms with E-state index in [0.29, 0.717) is 6.61 Å². The van der Waals surface area contributed by atoms with Crippen molar-refractivity contribution in [3.05, 3.63) is 18.2 Å². The molecule has 1 heterocycles. The Morgan fingerprint density at radius 3 is 2.43 bits per heavy atom. The van der Waals surface area contributed by atoms with Crippen LogP contribution < -0.4 is 14.2 Å². The highest BCUT2D eigenvalue weighted by Crippen LogP contribution is 2.28. The lowest BCUT2D eigenvalue weighted by atomic mass is 10.3. The summed E-state index contributed by atoms with van der Waals surface area (Å²) in [4.78, 5) is 2.34. The minimum absolute atomic E-state index is 0.123. The predicted molar refractivity (Wildman–Crippen MR) is 81.5 cm³/mol. The maximum atomic E-state index is 5.83. The maximum absolute atomic E-state index is 5.83. The standard InChI is InChI=1S/C16H25NO4/c1-13(2)21-16-11-14(18-3)10-15(12-16)20-9-6-17-4-7-19-8-5-17/h10-13H,4-9H2,1-3H3. The molecule has 0 amide bonds. The molecule has 1 fully saturated rings. The number of hydrogen-bond acceptors (Lipinski definition) is 5. The van der Waals surface area contributed by atoms with Gasteiger partial charge in [0, 0.05) is 37.8 Å². The molecule has 0 bridgehead atoms. The first-order chi connectivity index (χ1) is 10.2. The van der Waals surface area contributed by atoms with E-state index in [1.165, 1.54) is 0 Å². The van der Waals surface area contributed by atoms with Crippen molar-refractivity contribution in [1.29, 1.82) is 0 Å². The molecule has 5 nitrogen and oxygen atoms in total. The third-order valence-corrected chi connectivity index (χ3v) is 3.24. The largest absolute Gasteiger partial charge is 0.496 e. The van der Waals surface area contributed by atoms with E-state index in [9.17, 15) is 0 Å². The molecule has 0 N–H and O–H groups in total. The molecule has 0 aliphatic carbocycles. The van der Waals surface area contributed by atoms with E-state index in [-0.39, 0.29) is 6.10 Å². The molecule has 118 valence electrons. The van der Waals surface area contributed by atoms with Crippen LogP contribution in [0.4, 0.5) is 0 Å². The second-order valence-corrected chi connectivity index (χ2v) is 5.31. The van der Waals surface area contributed by atoms with Gasteiger partial charge in [0.05, 0.1) is 26.4 Å². The first-order valence-electron chi connectivity index (χ1n) is 7.46. The first kappa shape index (κ1) is 15.9. The molecular weight excluding hydrogens is 270 g/mol. The van der Waals surface area contributed by atoms with Gasteiger partial charge in [-0.05, 0) is 13.8 Å². The number of nitrogens with zero attached hydrogens (tertiary/aromatic N) is 1. The van der Waals surface area contributed by atoms with E-state index in [1.54, 1.807) is 7.11 Å². The summed E-state index contributed by atoms with van der Waals surface area (Å²) in [5.41, 5.74) is 0. The lowest BCUT2D eigenvalue weighted by Crippen LogP contribution is -2.38. The second-order valence-electron chi connectivity index (χ2n) is 5.31. The fourth-order valence-electron chi connectivity index (χ4n) is 2.20. The Hall–Kier alpha value is -1.46. The Labute approximate surface area is 126 Å². The zero-order valence-electron chi connectivity index (χ0n) is 13.1. The number of morpholine rings is 1. The Morgan fingerprint density at radius 1 is 1.10 bits per heavy atom. The van der Waals surface area contributed by atoms with Gasteiger partial charge in [-0.3, -0.25) is 4.90 Å². The van der Waals surface area contributed by atoms with Gasteiger partial charge in [0.2, 0.25) is 0 Å². The fourth-order valence-corrected chi connectivity index (χ4v) is 2.20. The summed E-state index contributed by atoms with van der Waals surface area (Å²) in [6, 6.07) is 5.66. The van der Waals surface area contributed by atoms with Gasteiger partial charge in [-0.25, -0.2) is 0 Å². The molecule has 21 heavy (non-hydrogen) atoms. The summed E-state index contributed by atoms with van der Waals surface area (Å²) in [5.74, 6) is 2.29. The van der Waals surface area contributed by atoms with Crippen molar-refractivity contribution in [3.63, 3.8) is 0 Å². The molecule has 5 heteroatoms. The minimum atomic E-state index is 0.123. The third-order valence-electron chi connectivity index (χ3n) is 3.24. The minimum Gasteiger partial charge on any atom is -0.496 e. The number of rotatable bonds is 7. The highest BCUT2D eigenvalue weighted by molar-refractivity contribution is 5.42. The van der Waals surface area contributed by atoms with Crippen molar-refractivity contribution in [2.75, 3.05) is 46.6 Å². The molecule has 0 radical (unpaired) electrons. The fraction of sp³-hybridized carbons (Fsp3) is 0.625. The van der Waals surface area contributed by atoms with Crippen molar-refractivity contribution >= 4 is 0 Å². The Morgan fingerprint density at radius 2 is 1.76 bits per heavy atom. The highest BCUT2D eigenvalue weighted by atomic mass is 16.5. The predicted octanol–water partition coefficient (Wildman–Crippen LogP) is 2.19. The van der Waals surface area contributed by atoms with Crippen LogP contribution in [0.15, 0.2) is 18.2 Å². The quantitative estimate of drug-likeness (QED) is 0.771. The van der Waals surface area contributed by atoms with Crippen LogP contribution in [-0.2, 0) is 4.74 Å². The monoisotopic (exact) mass is 295 g/mol. The Balaban J connectivity index is 1.88. The lowest BCUT2D eigenvalue weighted by molar-refractivity contribution is 0.0322. The van der Waals surface area contributed by atoms with E-state index in [0.717, 1.165) is 50.1 Å². The molecule has 0 aromatic heterocycles. The first-order valence-corrected chi connectivity index (χ1v) is 7.46. The van der Waals surface area contributed by atoms with E-state index >= 15 is 0 Å². The highest BCUT2D eigenvalue weighted by Gasteiger charge is 2.10. The van der Waals surface area contributed by atoms with Crippen LogP contribution >= 0.6 is 0 Å². The Kier molecular flexibility index (Phi) is 6.14. The Bertz CT molecular complexity index is 430. The van der Waals surface area contributed by atoms with Crippen molar-refractivity contribution in [1.82, 2.24) is 4.90 Å². The average Bonchev–Trinajstić information content (AvgIpc) is 2.47.